The molecular weight excluding hydrogens is 380 g/mol. The van der Waals surface area contributed by atoms with Crippen molar-refractivity contribution >= 4 is 23.5 Å². The summed E-state index contributed by atoms with van der Waals surface area (Å²) in [6, 6.07) is 12.3. The first kappa shape index (κ1) is 19.6. The van der Waals surface area contributed by atoms with Crippen LogP contribution in [-0.4, -0.2) is 33.2 Å². The number of pyridine rings is 1. The van der Waals surface area contributed by atoms with Crippen LogP contribution in [0.2, 0.25) is 5.02 Å². The van der Waals surface area contributed by atoms with Crippen molar-refractivity contribution in [3.8, 4) is 5.82 Å². The molecule has 2 heterocycles. The van der Waals surface area contributed by atoms with Gasteiger partial charge in [0, 0.05) is 11.2 Å². The number of ether oxygens (including phenoxy) is 1. The number of halogens is 1. The minimum absolute atomic E-state index is 0.239. The number of nitrogens with zero attached hydrogens (tertiary/aromatic N) is 3. The van der Waals surface area contributed by atoms with Crippen LogP contribution in [-0.2, 0) is 9.53 Å². The number of carbonyl (C=O) groups excluding carboxylic acids is 2. The average Bonchev–Trinajstić information content (AvgIpc) is 3.08. The lowest BCUT2D eigenvalue weighted by Gasteiger charge is -2.14. The first-order valence-corrected chi connectivity index (χ1v) is 9.01. The second-order valence-corrected chi connectivity index (χ2v) is 6.60. The van der Waals surface area contributed by atoms with Crippen molar-refractivity contribution in [3.05, 3.63) is 76.7 Å². The summed E-state index contributed by atoms with van der Waals surface area (Å²) >= 11 is 5.86. The Labute approximate surface area is 167 Å². The molecule has 1 unspecified atom stereocenters. The molecule has 0 saturated carbocycles. The zero-order chi connectivity index (χ0) is 20.1. The predicted octanol–water partition coefficient (Wildman–Crippen LogP) is 3.26. The standard InChI is InChI=1S/C20H19ClN4O3/c1-13(15-6-8-16(21)9-7-15)24-19(26)12-28-20(27)17-11-23-25(14(17)2)18-5-3-4-10-22-18/h3-11,13H,12H2,1-2H3,(H,24,26). The maximum atomic E-state index is 12.3. The molecule has 3 rings (SSSR count). The lowest BCUT2D eigenvalue weighted by atomic mass is 10.1. The van der Waals surface area contributed by atoms with Crippen molar-refractivity contribution in [2.45, 2.75) is 19.9 Å². The zero-order valence-corrected chi connectivity index (χ0v) is 16.2. The molecule has 144 valence electrons. The van der Waals surface area contributed by atoms with E-state index in [-0.39, 0.29) is 18.2 Å². The first-order chi connectivity index (χ1) is 13.5. The third kappa shape index (κ3) is 4.55. The fourth-order valence-electron chi connectivity index (χ4n) is 2.65. The molecule has 1 amide bonds. The highest BCUT2D eigenvalue weighted by Crippen LogP contribution is 2.16. The van der Waals surface area contributed by atoms with Gasteiger partial charge in [0.05, 0.1) is 17.9 Å². The maximum Gasteiger partial charge on any atom is 0.342 e. The Hall–Kier alpha value is -3.19. The SMILES string of the molecule is Cc1c(C(=O)OCC(=O)NC(C)c2ccc(Cl)cc2)cnn1-c1ccccn1. The number of amides is 1. The van der Waals surface area contributed by atoms with Gasteiger partial charge in [-0.1, -0.05) is 29.8 Å². The number of rotatable bonds is 6. The highest BCUT2D eigenvalue weighted by molar-refractivity contribution is 6.30. The van der Waals surface area contributed by atoms with E-state index in [0.717, 1.165) is 5.56 Å². The van der Waals surface area contributed by atoms with Crippen LogP contribution in [0, 0.1) is 6.92 Å². The van der Waals surface area contributed by atoms with E-state index in [4.69, 9.17) is 16.3 Å². The Balaban J connectivity index is 1.57. The summed E-state index contributed by atoms with van der Waals surface area (Å²) in [5, 5.41) is 7.57. The van der Waals surface area contributed by atoms with Crippen LogP contribution in [0.1, 0.15) is 34.6 Å². The van der Waals surface area contributed by atoms with E-state index in [1.807, 2.05) is 25.1 Å². The minimum Gasteiger partial charge on any atom is -0.452 e. The summed E-state index contributed by atoms with van der Waals surface area (Å²) in [5.74, 6) is -0.423. The third-order valence-electron chi connectivity index (χ3n) is 4.18. The Morgan fingerprint density at radius 3 is 2.64 bits per heavy atom. The van der Waals surface area contributed by atoms with Gasteiger partial charge in [0.2, 0.25) is 0 Å². The van der Waals surface area contributed by atoms with Gasteiger partial charge in [-0.05, 0) is 43.7 Å². The molecule has 1 atom stereocenters. The molecule has 0 aliphatic heterocycles. The molecule has 28 heavy (non-hydrogen) atoms. The molecule has 0 aliphatic rings. The van der Waals surface area contributed by atoms with E-state index < -0.39 is 11.9 Å². The predicted molar refractivity (Wildman–Crippen MR) is 104 cm³/mol. The quantitative estimate of drug-likeness (QED) is 0.644. The van der Waals surface area contributed by atoms with Crippen molar-refractivity contribution in [3.63, 3.8) is 0 Å². The summed E-state index contributed by atoms with van der Waals surface area (Å²) in [6.45, 7) is 3.19. The van der Waals surface area contributed by atoms with Crippen LogP contribution < -0.4 is 5.32 Å². The molecule has 1 aromatic carbocycles. The number of esters is 1. The van der Waals surface area contributed by atoms with Crippen LogP contribution in [0.4, 0.5) is 0 Å². The Kier molecular flexibility index (Phi) is 6.06. The number of benzene rings is 1. The lowest BCUT2D eigenvalue weighted by Crippen LogP contribution is -2.31. The Morgan fingerprint density at radius 2 is 1.96 bits per heavy atom. The molecule has 2 aromatic heterocycles. The topological polar surface area (TPSA) is 86.1 Å². The van der Waals surface area contributed by atoms with Crippen LogP contribution >= 0.6 is 11.6 Å². The molecule has 0 fully saturated rings. The minimum atomic E-state index is -0.617. The van der Waals surface area contributed by atoms with Crippen molar-refractivity contribution in [1.82, 2.24) is 20.1 Å². The summed E-state index contributed by atoms with van der Waals surface area (Å²) in [4.78, 5) is 28.6. The van der Waals surface area contributed by atoms with Gasteiger partial charge in [-0.25, -0.2) is 14.5 Å². The summed E-state index contributed by atoms with van der Waals surface area (Å²) < 4.78 is 6.67. The smallest absolute Gasteiger partial charge is 0.342 e. The van der Waals surface area contributed by atoms with E-state index in [1.54, 1.807) is 42.1 Å². The van der Waals surface area contributed by atoms with E-state index in [9.17, 15) is 9.59 Å². The van der Waals surface area contributed by atoms with Crippen molar-refractivity contribution in [2.24, 2.45) is 0 Å². The fraction of sp³-hybridized carbons (Fsp3) is 0.200. The second kappa shape index (κ2) is 8.67. The average molecular weight is 399 g/mol. The van der Waals surface area contributed by atoms with E-state index >= 15 is 0 Å². The van der Waals surface area contributed by atoms with Gasteiger partial charge in [-0.2, -0.15) is 5.10 Å². The fourth-order valence-corrected chi connectivity index (χ4v) is 2.77. The highest BCUT2D eigenvalue weighted by Gasteiger charge is 2.18. The third-order valence-corrected chi connectivity index (χ3v) is 4.43. The van der Waals surface area contributed by atoms with E-state index in [0.29, 0.717) is 16.5 Å². The molecule has 0 radical (unpaired) electrons. The molecule has 0 spiro atoms. The van der Waals surface area contributed by atoms with Gasteiger partial charge in [0.1, 0.15) is 5.56 Å². The molecule has 3 aromatic rings. The van der Waals surface area contributed by atoms with Gasteiger partial charge in [-0.15, -0.1) is 0 Å². The van der Waals surface area contributed by atoms with Crippen LogP contribution in [0.15, 0.2) is 54.9 Å². The van der Waals surface area contributed by atoms with Crippen LogP contribution in [0.25, 0.3) is 5.82 Å². The molecule has 7 nitrogen and oxygen atoms in total. The molecular formula is C20H19ClN4O3. The number of carbonyl (C=O) groups is 2. The van der Waals surface area contributed by atoms with Crippen molar-refractivity contribution in [1.29, 1.82) is 0 Å². The summed E-state index contributed by atoms with van der Waals surface area (Å²) in [7, 11) is 0. The number of hydrogen-bond donors (Lipinski definition) is 1. The molecule has 0 saturated heterocycles. The monoisotopic (exact) mass is 398 g/mol. The number of nitrogens with one attached hydrogen (secondary N) is 1. The number of aromatic nitrogens is 3. The van der Waals surface area contributed by atoms with Crippen molar-refractivity contribution in [2.75, 3.05) is 6.61 Å². The van der Waals surface area contributed by atoms with Crippen LogP contribution in [0.5, 0.6) is 0 Å². The Bertz CT molecular complexity index is 971. The van der Waals surface area contributed by atoms with Crippen molar-refractivity contribution < 1.29 is 14.3 Å². The normalized spacial score (nSPS) is 11.7. The second-order valence-electron chi connectivity index (χ2n) is 6.16. The Morgan fingerprint density at radius 1 is 1.21 bits per heavy atom. The molecule has 8 heteroatoms. The summed E-state index contributed by atoms with van der Waals surface area (Å²) in [5.41, 5.74) is 1.76. The molecule has 0 aliphatic carbocycles. The first-order valence-electron chi connectivity index (χ1n) is 8.63. The zero-order valence-electron chi connectivity index (χ0n) is 15.4. The van der Waals surface area contributed by atoms with Gasteiger partial charge in [-0.3, -0.25) is 4.79 Å². The highest BCUT2D eigenvalue weighted by atomic mass is 35.5. The molecule has 0 bridgehead atoms. The van der Waals surface area contributed by atoms with E-state index in [2.05, 4.69) is 15.4 Å². The maximum absolute atomic E-state index is 12.3. The summed E-state index contributed by atoms with van der Waals surface area (Å²) in [6.07, 6.45) is 3.04. The van der Waals surface area contributed by atoms with Gasteiger partial charge in [0.15, 0.2) is 12.4 Å². The van der Waals surface area contributed by atoms with Gasteiger partial charge >= 0.3 is 5.97 Å². The van der Waals surface area contributed by atoms with Gasteiger partial charge in [0.25, 0.3) is 5.91 Å². The molecule has 1 N–H and O–H groups in total. The van der Waals surface area contributed by atoms with E-state index in [1.165, 1.54) is 6.20 Å². The number of hydrogen-bond acceptors (Lipinski definition) is 5. The lowest BCUT2D eigenvalue weighted by molar-refractivity contribution is -0.124. The van der Waals surface area contributed by atoms with Crippen LogP contribution in [0.3, 0.4) is 0 Å². The largest absolute Gasteiger partial charge is 0.452 e. The van der Waals surface area contributed by atoms with Gasteiger partial charge < -0.3 is 10.1 Å².